The van der Waals surface area contributed by atoms with E-state index in [4.69, 9.17) is 16.3 Å². The maximum atomic E-state index is 12.6. The molecule has 154 valence electrons. The van der Waals surface area contributed by atoms with Crippen LogP contribution in [0, 0.1) is 0 Å². The zero-order chi connectivity index (χ0) is 21.2. The van der Waals surface area contributed by atoms with Crippen molar-refractivity contribution in [3.63, 3.8) is 0 Å². The van der Waals surface area contributed by atoms with Crippen LogP contribution in [-0.4, -0.2) is 42.9 Å². The number of benzene rings is 2. The lowest BCUT2D eigenvalue weighted by molar-refractivity contribution is -0.123. The molecule has 9 heteroatoms. The molecule has 2 rings (SSSR count). The Hall–Kier alpha value is -2.71. The number of rotatable bonds is 8. The van der Waals surface area contributed by atoms with Crippen molar-refractivity contribution in [3.8, 4) is 5.75 Å². The Balaban J connectivity index is 2.04. The van der Waals surface area contributed by atoms with Gasteiger partial charge in [-0.05, 0) is 42.7 Å². The molecule has 0 saturated carbocycles. The summed E-state index contributed by atoms with van der Waals surface area (Å²) in [5, 5.41) is 2.96. The molecule has 0 saturated heterocycles. The second kappa shape index (κ2) is 11.3. The number of ether oxygens (including phenoxy) is 1. The van der Waals surface area contributed by atoms with Crippen LogP contribution in [0.15, 0.2) is 48.5 Å². The average Bonchev–Trinajstić information content (AvgIpc) is 2.74. The van der Waals surface area contributed by atoms with Gasteiger partial charge in [-0.25, -0.2) is 0 Å². The highest BCUT2D eigenvalue weighted by Crippen LogP contribution is 2.17. The van der Waals surface area contributed by atoms with E-state index in [-0.39, 0.29) is 10.6 Å². The van der Waals surface area contributed by atoms with Crippen LogP contribution in [0.4, 0.5) is 0 Å². The van der Waals surface area contributed by atoms with Crippen LogP contribution in [0.3, 0.4) is 0 Å². The van der Waals surface area contributed by atoms with Gasteiger partial charge in [-0.15, -0.1) is 0 Å². The number of carbonyl (C=O) groups excluding carboxylic acids is 3. The van der Waals surface area contributed by atoms with Gasteiger partial charge in [0.25, 0.3) is 17.7 Å². The SMILES string of the molecule is COc1ccccc1C(=O)NC(CCSC)C(=O)NNC(=O)c1ccccc1Cl. The molecule has 0 heterocycles. The molecule has 0 spiro atoms. The van der Waals surface area contributed by atoms with E-state index in [1.165, 1.54) is 7.11 Å². The Morgan fingerprint density at radius 3 is 2.31 bits per heavy atom. The van der Waals surface area contributed by atoms with Crippen LogP contribution in [0.25, 0.3) is 0 Å². The smallest absolute Gasteiger partial charge is 0.271 e. The molecule has 7 nitrogen and oxygen atoms in total. The number of nitrogens with one attached hydrogen (secondary N) is 3. The molecular weight excluding hydrogens is 414 g/mol. The molecule has 0 bridgehead atoms. The lowest BCUT2D eigenvalue weighted by Crippen LogP contribution is -2.52. The second-order valence-corrected chi connectivity index (χ2v) is 7.32. The van der Waals surface area contributed by atoms with Crippen LogP contribution < -0.4 is 20.9 Å². The molecule has 0 aliphatic heterocycles. The summed E-state index contributed by atoms with van der Waals surface area (Å²) < 4.78 is 5.19. The lowest BCUT2D eigenvalue weighted by atomic mass is 10.1. The quantitative estimate of drug-likeness (QED) is 0.554. The Bertz CT molecular complexity index is 878. The summed E-state index contributed by atoms with van der Waals surface area (Å²) in [6.45, 7) is 0. The molecule has 1 atom stereocenters. The van der Waals surface area contributed by atoms with Crippen LogP contribution in [0.2, 0.25) is 5.02 Å². The van der Waals surface area contributed by atoms with Gasteiger partial charge in [0.05, 0.1) is 23.3 Å². The summed E-state index contributed by atoms with van der Waals surface area (Å²) in [6.07, 6.45) is 2.28. The summed E-state index contributed by atoms with van der Waals surface area (Å²) in [5.74, 6) is -0.489. The van der Waals surface area contributed by atoms with Gasteiger partial charge >= 0.3 is 0 Å². The molecular formula is C20H22ClN3O4S. The van der Waals surface area contributed by atoms with Gasteiger partial charge in [0.15, 0.2) is 0 Å². The fraction of sp³-hybridized carbons (Fsp3) is 0.250. The van der Waals surface area contributed by atoms with Crippen molar-refractivity contribution in [2.45, 2.75) is 12.5 Å². The Labute approximate surface area is 178 Å². The first kappa shape index (κ1) is 22.6. The lowest BCUT2D eigenvalue weighted by Gasteiger charge is -2.19. The van der Waals surface area contributed by atoms with Gasteiger partial charge in [-0.1, -0.05) is 35.9 Å². The third-order valence-corrected chi connectivity index (χ3v) is 4.98. The standard InChI is InChI=1S/C20H22ClN3O4S/c1-28-17-10-6-4-8-14(17)18(25)22-16(11-12-29-2)20(27)24-23-19(26)13-7-3-5-9-15(13)21/h3-10,16H,11-12H2,1-2H3,(H,22,25)(H,23,26)(H,24,27). The molecule has 1 unspecified atom stereocenters. The maximum Gasteiger partial charge on any atom is 0.271 e. The minimum absolute atomic E-state index is 0.230. The predicted octanol–water partition coefficient (Wildman–Crippen LogP) is 2.66. The first-order valence-corrected chi connectivity index (χ1v) is 10.5. The van der Waals surface area contributed by atoms with Crippen LogP contribution >= 0.6 is 23.4 Å². The highest BCUT2D eigenvalue weighted by atomic mass is 35.5. The summed E-state index contributed by atoms with van der Waals surface area (Å²) in [5.41, 5.74) is 5.22. The summed E-state index contributed by atoms with van der Waals surface area (Å²) >= 11 is 7.53. The molecule has 0 radical (unpaired) electrons. The molecule has 29 heavy (non-hydrogen) atoms. The second-order valence-electron chi connectivity index (χ2n) is 5.93. The van der Waals surface area contributed by atoms with E-state index in [0.717, 1.165) is 0 Å². The molecule has 3 amide bonds. The number of halogens is 1. The highest BCUT2D eigenvalue weighted by Gasteiger charge is 2.23. The summed E-state index contributed by atoms with van der Waals surface area (Å²) in [7, 11) is 1.47. The minimum Gasteiger partial charge on any atom is -0.496 e. The normalized spacial score (nSPS) is 11.3. The zero-order valence-electron chi connectivity index (χ0n) is 16.0. The Morgan fingerprint density at radius 1 is 1.00 bits per heavy atom. The van der Waals surface area contributed by atoms with Gasteiger partial charge in [-0.2, -0.15) is 11.8 Å². The summed E-state index contributed by atoms with van der Waals surface area (Å²) in [6, 6.07) is 12.4. The number of methoxy groups -OCH3 is 1. The van der Waals surface area contributed by atoms with E-state index in [1.54, 1.807) is 60.3 Å². The number of carbonyl (C=O) groups is 3. The third kappa shape index (κ3) is 6.40. The molecule has 2 aromatic rings. The maximum absolute atomic E-state index is 12.6. The van der Waals surface area contributed by atoms with Crippen molar-refractivity contribution in [2.75, 3.05) is 19.1 Å². The van der Waals surface area contributed by atoms with Gasteiger partial charge in [0.2, 0.25) is 0 Å². The molecule has 0 aliphatic rings. The van der Waals surface area contributed by atoms with Crippen molar-refractivity contribution in [3.05, 3.63) is 64.7 Å². The number of amides is 3. The van der Waals surface area contributed by atoms with Crippen molar-refractivity contribution in [2.24, 2.45) is 0 Å². The Morgan fingerprint density at radius 2 is 1.66 bits per heavy atom. The van der Waals surface area contributed by atoms with Crippen LogP contribution in [-0.2, 0) is 4.79 Å². The predicted molar refractivity (Wildman–Crippen MR) is 114 cm³/mol. The molecule has 0 aromatic heterocycles. The average molecular weight is 436 g/mol. The van der Waals surface area contributed by atoms with E-state index in [9.17, 15) is 14.4 Å². The van der Waals surface area contributed by atoms with Crippen LogP contribution in [0.5, 0.6) is 5.75 Å². The van der Waals surface area contributed by atoms with Crippen molar-refractivity contribution in [1.29, 1.82) is 0 Å². The number of hydrogen-bond acceptors (Lipinski definition) is 5. The van der Waals surface area contributed by atoms with E-state index >= 15 is 0 Å². The number of para-hydroxylation sites is 1. The number of thioether (sulfide) groups is 1. The largest absolute Gasteiger partial charge is 0.496 e. The number of hydrazine groups is 1. The first-order chi connectivity index (χ1) is 14.0. The Kier molecular flexibility index (Phi) is 8.82. The van der Waals surface area contributed by atoms with Crippen LogP contribution in [0.1, 0.15) is 27.1 Å². The van der Waals surface area contributed by atoms with Crippen molar-refractivity contribution in [1.82, 2.24) is 16.2 Å². The molecule has 3 N–H and O–H groups in total. The molecule has 0 fully saturated rings. The van der Waals surface area contributed by atoms with Gasteiger partial charge in [0.1, 0.15) is 11.8 Å². The zero-order valence-corrected chi connectivity index (χ0v) is 17.6. The van der Waals surface area contributed by atoms with Gasteiger partial charge < -0.3 is 10.1 Å². The van der Waals surface area contributed by atoms with Gasteiger partial charge in [-0.3, -0.25) is 25.2 Å². The molecule has 0 aliphatic carbocycles. The topological polar surface area (TPSA) is 96.5 Å². The minimum atomic E-state index is -0.841. The van der Waals surface area contributed by atoms with E-state index in [1.807, 2.05) is 6.26 Å². The fourth-order valence-corrected chi connectivity index (χ4v) is 3.18. The summed E-state index contributed by atoms with van der Waals surface area (Å²) in [4.78, 5) is 37.4. The van der Waals surface area contributed by atoms with E-state index < -0.39 is 23.8 Å². The van der Waals surface area contributed by atoms with E-state index in [2.05, 4.69) is 16.2 Å². The van der Waals surface area contributed by atoms with Crippen molar-refractivity contribution >= 4 is 41.1 Å². The number of hydrogen-bond donors (Lipinski definition) is 3. The fourth-order valence-electron chi connectivity index (χ4n) is 2.49. The molecule has 2 aromatic carbocycles. The van der Waals surface area contributed by atoms with Crippen molar-refractivity contribution < 1.29 is 19.1 Å². The first-order valence-electron chi connectivity index (χ1n) is 8.75. The highest BCUT2D eigenvalue weighted by molar-refractivity contribution is 7.98. The third-order valence-electron chi connectivity index (χ3n) is 4.00. The monoisotopic (exact) mass is 435 g/mol. The van der Waals surface area contributed by atoms with Gasteiger partial charge in [0, 0.05) is 0 Å². The van der Waals surface area contributed by atoms with E-state index in [0.29, 0.717) is 23.5 Å².